The van der Waals surface area contributed by atoms with Gasteiger partial charge in [0.25, 0.3) is 5.91 Å². The number of anilines is 1. The highest BCUT2D eigenvalue weighted by Gasteiger charge is 2.61. The van der Waals surface area contributed by atoms with Gasteiger partial charge in [-0.15, -0.1) is 0 Å². The summed E-state index contributed by atoms with van der Waals surface area (Å²) in [5, 5.41) is 0. The smallest absolute Gasteiger partial charge is 0.354 e. The Hall–Kier alpha value is -3.19. The third kappa shape index (κ3) is 3.15. The first-order valence-electron chi connectivity index (χ1n) is 9.95. The van der Waals surface area contributed by atoms with E-state index in [0.29, 0.717) is 11.3 Å². The fraction of sp³-hybridized carbons (Fsp3) is 0.348. The van der Waals surface area contributed by atoms with Gasteiger partial charge in [-0.1, -0.05) is 42.0 Å². The SMILES string of the molecule is COCCN1C(=O)c2ccccc2N2C(=O)CCC12C(=O)OCc1ccc(C)cc1. The second-order valence-corrected chi connectivity index (χ2v) is 7.57. The van der Waals surface area contributed by atoms with Crippen LogP contribution < -0.4 is 4.90 Å². The zero-order valence-electron chi connectivity index (χ0n) is 17.1. The molecule has 1 unspecified atom stereocenters. The molecule has 0 aliphatic carbocycles. The second-order valence-electron chi connectivity index (χ2n) is 7.57. The Morgan fingerprint density at radius 2 is 1.83 bits per heavy atom. The third-order valence-electron chi connectivity index (χ3n) is 5.71. The number of benzene rings is 2. The molecule has 2 heterocycles. The van der Waals surface area contributed by atoms with Crippen molar-refractivity contribution in [3.8, 4) is 0 Å². The minimum atomic E-state index is -1.49. The summed E-state index contributed by atoms with van der Waals surface area (Å²) in [6.07, 6.45) is 0.340. The van der Waals surface area contributed by atoms with E-state index in [9.17, 15) is 14.4 Å². The number of nitrogens with zero attached hydrogens (tertiary/aromatic N) is 2. The fourth-order valence-corrected chi connectivity index (χ4v) is 4.18. The Bertz CT molecular complexity index is 987. The van der Waals surface area contributed by atoms with Gasteiger partial charge in [0, 0.05) is 26.5 Å². The Kier molecular flexibility index (Phi) is 5.30. The summed E-state index contributed by atoms with van der Waals surface area (Å²) < 4.78 is 10.8. The first kappa shape index (κ1) is 20.1. The standard InChI is InChI=1S/C23H24N2O5/c1-16-7-9-17(10-8-16)15-30-22(28)23-12-11-20(26)25(23)19-6-4-3-5-18(19)21(27)24(23)13-14-29-2/h3-10H,11-15H2,1-2H3. The molecule has 1 saturated heterocycles. The van der Waals surface area contributed by atoms with Crippen LogP contribution in [0.15, 0.2) is 48.5 Å². The van der Waals surface area contributed by atoms with Crippen molar-refractivity contribution in [2.75, 3.05) is 25.2 Å². The normalized spacial score (nSPS) is 20.2. The van der Waals surface area contributed by atoms with Gasteiger partial charge in [-0.2, -0.15) is 0 Å². The van der Waals surface area contributed by atoms with Crippen molar-refractivity contribution in [1.29, 1.82) is 0 Å². The van der Waals surface area contributed by atoms with Crippen molar-refractivity contribution < 1.29 is 23.9 Å². The summed E-state index contributed by atoms with van der Waals surface area (Å²) in [5.74, 6) is -1.11. The molecule has 0 bridgehead atoms. The average molecular weight is 408 g/mol. The molecule has 7 heteroatoms. The lowest BCUT2D eigenvalue weighted by atomic mass is 9.96. The molecular weight excluding hydrogens is 384 g/mol. The van der Waals surface area contributed by atoms with Crippen LogP contribution in [-0.4, -0.2) is 48.6 Å². The van der Waals surface area contributed by atoms with E-state index in [-0.39, 0.29) is 44.4 Å². The van der Waals surface area contributed by atoms with E-state index >= 15 is 0 Å². The number of esters is 1. The molecule has 2 aliphatic rings. The summed E-state index contributed by atoms with van der Waals surface area (Å²) in [4.78, 5) is 42.5. The number of carbonyl (C=O) groups is 3. The number of fused-ring (bicyclic) bond motifs is 3. The van der Waals surface area contributed by atoms with E-state index in [2.05, 4.69) is 0 Å². The van der Waals surface area contributed by atoms with Crippen LogP contribution in [0.3, 0.4) is 0 Å². The minimum absolute atomic E-state index is 0.0663. The lowest BCUT2D eigenvalue weighted by Crippen LogP contribution is -2.68. The molecule has 30 heavy (non-hydrogen) atoms. The summed E-state index contributed by atoms with van der Waals surface area (Å²) in [5.41, 5.74) is 1.30. The topological polar surface area (TPSA) is 76.2 Å². The molecule has 4 rings (SSSR count). The lowest BCUT2D eigenvalue weighted by molar-refractivity contribution is -0.159. The van der Waals surface area contributed by atoms with E-state index in [1.165, 1.54) is 16.9 Å². The van der Waals surface area contributed by atoms with Crippen molar-refractivity contribution in [2.24, 2.45) is 0 Å². The van der Waals surface area contributed by atoms with Crippen LogP contribution in [-0.2, 0) is 25.7 Å². The van der Waals surface area contributed by atoms with E-state index in [1.807, 2.05) is 31.2 Å². The van der Waals surface area contributed by atoms with Crippen molar-refractivity contribution in [3.63, 3.8) is 0 Å². The van der Waals surface area contributed by atoms with E-state index in [0.717, 1.165) is 11.1 Å². The quantitative estimate of drug-likeness (QED) is 0.687. The van der Waals surface area contributed by atoms with Crippen LogP contribution in [0.5, 0.6) is 0 Å². The van der Waals surface area contributed by atoms with Gasteiger partial charge in [-0.05, 0) is 24.6 Å². The van der Waals surface area contributed by atoms with Gasteiger partial charge in [-0.3, -0.25) is 14.5 Å². The van der Waals surface area contributed by atoms with Gasteiger partial charge in [0.1, 0.15) is 6.61 Å². The summed E-state index contributed by atoms with van der Waals surface area (Å²) in [7, 11) is 1.53. The number of hydrogen-bond acceptors (Lipinski definition) is 5. The minimum Gasteiger partial charge on any atom is -0.458 e. The van der Waals surface area contributed by atoms with Crippen LogP contribution in [0.4, 0.5) is 5.69 Å². The molecule has 2 aromatic rings. The Balaban J connectivity index is 1.72. The number of amides is 2. The second kappa shape index (κ2) is 7.91. The van der Waals surface area contributed by atoms with Gasteiger partial charge in [-0.25, -0.2) is 4.79 Å². The highest BCUT2D eigenvalue weighted by Crippen LogP contribution is 2.45. The monoisotopic (exact) mass is 408 g/mol. The molecule has 1 fully saturated rings. The number of ether oxygens (including phenoxy) is 2. The zero-order valence-corrected chi connectivity index (χ0v) is 17.1. The van der Waals surface area contributed by atoms with E-state index in [1.54, 1.807) is 24.3 Å². The molecule has 0 N–H and O–H groups in total. The number of carbonyl (C=O) groups excluding carboxylic acids is 3. The molecule has 0 saturated carbocycles. The molecule has 0 radical (unpaired) electrons. The van der Waals surface area contributed by atoms with Crippen molar-refractivity contribution in [1.82, 2.24) is 4.90 Å². The first-order chi connectivity index (χ1) is 14.5. The van der Waals surface area contributed by atoms with Gasteiger partial charge in [0.15, 0.2) is 0 Å². The highest BCUT2D eigenvalue weighted by atomic mass is 16.5. The highest BCUT2D eigenvalue weighted by molar-refractivity contribution is 6.15. The van der Waals surface area contributed by atoms with Crippen LogP contribution in [0, 0.1) is 6.92 Å². The van der Waals surface area contributed by atoms with Crippen LogP contribution in [0.2, 0.25) is 0 Å². The lowest BCUT2D eigenvalue weighted by Gasteiger charge is -2.48. The van der Waals surface area contributed by atoms with Crippen LogP contribution in [0.25, 0.3) is 0 Å². The maximum Gasteiger partial charge on any atom is 0.354 e. The predicted molar refractivity (Wildman–Crippen MR) is 110 cm³/mol. The predicted octanol–water partition coefficient (Wildman–Crippen LogP) is 2.66. The van der Waals surface area contributed by atoms with Crippen LogP contribution >= 0.6 is 0 Å². The molecule has 1 atom stereocenters. The third-order valence-corrected chi connectivity index (χ3v) is 5.71. The molecule has 0 spiro atoms. The first-order valence-corrected chi connectivity index (χ1v) is 9.95. The van der Waals surface area contributed by atoms with Gasteiger partial charge in [0.2, 0.25) is 11.6 Å². The number of rotatable bonds is 6. The molecule has 2 aliphatic heterocycles. The van der Waals surface area contributed by atoms with Crippen LogP contribution in [0.1, 0.15) is 34.3 Å². The van der Waals surface area contributed by atoms with Gasteiger partial charge >= 0.3 is 5.97 Å². The van der Waals surface area contributed by atoms with E-state index < -0.39 is 11.6 Å². The number of aryl methyl sites for hydroxylation is 1. The Labute approximate surface area is 175 Å². The summed E-state index contributed by atoms with van der Waals surface area (Å²) in [6.45, 7) is 2.46. The fourth-order valence-electron chi connectivity index (χ4n) is 4.18. The Morgan fingerprint density at radius 3 is 2.57 bits per heavy atom. The summed E-state index contributed by atoms with van der Waals surface area (Å²) in [6, 6.07) is 14.5. The van der Waals surface area contributed by atoms with E-state index in [4.69, 9.17) is 9.47 Å². The average Bonchev–Trinajstić information content (AvgIpc) is 3.11. The number of hydrogen-bond donors (Lipinski definition) is 0. The van der Waals surface area contributed by atoms with Gasteiger partial charge < -0.3 is 14.4 Å². The number of para-hydroxylation sites is 1. The summed E-state index contributed by atoms with van der Waals surface area (Å²) >= 11 is 0. The van der Waals surface area contributed by atoms with Crippen molar-refractivity contribution in [2.45, 2.75) is 32.0 Å². The maximum atomic E-state index is 13.5. The molecule has 7 nitrogen and oxygen atoms in total. The maximum absolute atomic E-state index is 13.5. The largest absolute Gasteiger partial charge is 0.458 e. The molecular formula is C23H24N2O5. The zero-order chi connectivity index (χ0) is 21.3. The number of methoxy groups -OCH3 is 1. The Morgan fingerprint density at radius 1 is 1.10 bits per heavy atom. The van der Waals surface area contributed by atoms with Gasteiger partial charge in [0.05, 0.1) is 17.9 Å². The molecule has 0 aromatic heterocycles. The molecule has 2 amide bonds. The van der Waals surface area contributed by atoms with Crippen molar-refractivity contribution >= 4 is 23.5 Å². The molecule has 156 valence electrons. The molecule has 2 aromatic carbocycles. The van der Waals surface area contributed by atoms with Crippen molar-refractivity contribution in [3.05, 3.63) is 65.2 Å².